The van der Waals surface area contributed by atoms with Crippen molar-refractivity contribution in [3.05, 3.63) is 29.3 Å². The predicted octanol–water partition coefficient (Wildman–Crippen LogP) is 3.77. The molecule has 0 unspecified atom stereocenters. The van der Waals surface area contributed by atoms with E-state index in [9.17, 15) is 5.11 Å². The van der Waals surface area contributed by atoms with Gasteiger partial charge in [0, 0.05) is 0 Å². The first-order valence-electron chi connectivity index (χ1n) is 8.98. The minimum atomic E-state index is -0.0271. The van der Waals surface area contributed by atoms with Crippen LogP contribution < -0.4 is 4.74 Å². The quantitative estimate of drug-likeness (QED) is 0.855. The van der Waals surface area contributed by atoms with Crippen molar-refractivity contribution in [1.29, 1.82) is 0 Å². The normalized spacial score (nSPS) is 48.0. The number of aryl methyl sites for hydroxylation is 1. The molecule has 2 nitrogen and oxygen atoms in total. The molecule has 0 heterocycles. The molecule has 4 aliphatic rings. The SMILES string of the molecule is COc1ccc2c(c1)CC[C@H]1[C@@H]3[C@H]4C[C@H]4[C@@H](O)[C@@]3(C)CC[C@H]21. The van der Waals surface area contributed by atoms with Crippen molar-refractivity contribution in [2.24, 2.45) is 29.1 Å². The van der Waals surface area contributed by atoms with E-state index in [1.54, 1.807) is 12.7 Å². The van der Waals surface area contributed by atoms with Gasteiger partial charge in [0.2, 0.25) is 0 Å². The summed E-state index contributed by atoms with van der Waals surface area (Å²) in [6, 6.07) is 6.71. The Kier molecular flexibility index (Phi) is 2.61. The van der Waals surface area contributed by atoms with Crippen LogP contribution in [0.15, 0.2) is 18.2 Å². The minimum absolute atomic E-state index is 0.0271. The molecule has 0 aliphatic heterocycles. The van der Waals surface area contributed by atoms with E-state index in [0.717, 1.165) is 29.4 Å². The highest BCUT2D eigenvalue weighted by Crippen LogP contribution is 2.71. The molecule has 118 valence electrons. The van der Waals surface area contributed by atoms with Gasteiger partial charge in [-0.2, -0.15) is 0 Å². The molecular weight excluding hydrogens is 272 g/mol. The zero-order valence-corrected chi connectivity index (χ0v) is 13.6. The summed E-state index contributed by atoms with van der Waals surface area (Å²) in [5.41, 5.74) is 3.30. The number of methoxy groups -OCH3 is 1. The number of hydrogen-bond acceptors (Lipinski definition) is 2. The molecule has 4 aliphatic carbocycles. The van der Waals surface area contributed by atoms with Crippen LogP contribution in [-0.2, 0) is 6.42 Å². The lowest BCUT2D eigenvalue weighted by Crippen LogP contribution is -2.46. The van der Waals surface area contributed by atoms with Gasteiger partial charge < -0.3 is 9.84 Å². The highest BCUT2D eigenvalue weighted by Gasteiger charge is 2.68. The fraction of sp³-hybridized carbons (Fsp3) is 0.700. The van der Waals surface area contributed by atoms with E-state index in [2.05, 4.69) is 25.1 Å². The molecule has 1 aromatic carbocycles. The average molecular weight is 298 g/mol. The number of aliphatic hydroxyl groups is 1. The standard InChI is InChI=1S/C20H26O2/c1-20-8-7-14-13-6-4-12(22-2)9-11(13)3-5-15(14)18(20)16-10-17(16)19(20)21/h4,6,9,14-19,21H,3,5,7-8,10H2,1-2H3/t14-,15-,16+,17-,18-,19-,20+/m1/s1. The molecule has 0 radical (unpaired) electrons. The van der Waals surface area contributed by atoms with Crippen molar-refractivity contribution < 1.29 is 9.84 Å². The van der Waals surface area contributed by atoms with Gasteiger partial charge in [-0.1, -0.05) is 13.0 Å². The lowest BCUT2D eigenvalue weighted by Gasteiger charge is -2.51. The topological polar surface area (TPSA) is 29.5 Å². The number of aliphatic hydroxyl groups excluding tert-OH is 1. The lowest BCUT2D eigenvalue weighted by molar-refractivity contribution is -0.0464. The molecule has 2 heteroatoms. The van der Waals surface area contributed by atoms with Crippen LogP contribution in [0.5, 0.6) is 5.75 Å². The Hall–Kier alpha value is -1.02. The molecule has 22 heavy (non-hydrogen) atoms. The van der Waals surface area contributed by atoms with E-state index in [1.165, 1.54) is 37.7 Å². The molecule has 0 aromatic heterocycles. The summed E-state index contributed by atoms with van der Waals surface area (Å²) in [7, 11) is 1.76. The third kappa shape index (κ3) is 1.55. The summed E-state index contributed by atoms with van der Waals surface area (Å²) in [5.74, 6) is 4.74. The highest BCUT2D eigenvalue weighted by atomic mass is 16.5. The molecule has 3 saturated carbocycles. The molecular formula is C20H26O2. The zero-order chi connectivity index (χ0) is 15.1. The second-order valence-electron chi connectivity index (χ2n) is 8.45. The van der Waals surface area contributed by atoms with Gasteiger partial charge in [-0.05, 0) is 90.4 Å². The Labute approximate surface area is 132 Å². The van der Waals surface area contributed by atoms with E-state index in [0.29, 0.717) is 5.92 Å². The number of fused-ring (bicyclic) bond motifs is 7. The van der Waals surface area contributed by atoms with E-state index in [4.69, 9.17) is 4.74 Å². The zero-order valence-electron chi connectivity index (χ0n) is 13.6. The first-order valence-corrected chi connectivity index (χ1v) is 8.98. The summed E-state index contributed by atoms with van der Waals surface area (Å²) in [4.78, 5) is 0. The second-order valence-corrected chi connectivity index (χ2v) is 8.45. The fourth-order valence-electron chi connectivity index (χ4n) is 6.62. The Morgan fingerprint density at radius 3 is 2.86 bits per heavy atom. The monoisotopic (exact) mass is 298 g/mol. The van der Waals surface area contributed by atoms with Crippen molar-refractivity contribution in [2.75, 3.05) is 7.11 Å². The maximum atomic E-state index is 10.7. The molecule has 0 spiro atoms. The largest absolute Gasteiger partial charge is 0.497 e. The molecule has 5 rings (SSSR count). The third-order valence-electron chi connectivity index (χ3n) is 7.66. The van der Waals surface area contributed by atoms with Crippen molar-refractivity contribution in [1.82, 2.24) is 0 Å². The van der Waals surface area contributed by atoms with Crippen molar-refractivity contribution in [3.8, 4) is 5.75 Å². The fourth-order valence-corrected chi connectivity index (χ4v) is 6.62. The van der Waals surface area contributed by atoms with Crippen molar-refractivity contribution in [3.63, 3.8) is 0 Å². The Morgan fingerprint density at radius 1 is 1.18 bits per heavy atom. The minimum Gasteiger partial charge on any atom is -0.497 e. The lowest BCUT2D eigenvalue weighted by atomic mass is 9.54. The summed E-state index contributed by atoms with van der Waals surface area (Å²) in [6.45, 7) is 2.38. The molecule has 0 amide bonds. The first-order chi connectivity index (χ1) is 10.6. The maximum absolute atomic E-state index is 10.7. The number of hydrogen-bond donors (Lipinski definition) is 1. The van der Waals surface area contributed by atoms with E-state index >= 15 is 0 Å². The smallest absolute Gasteiger partial charge is 0.119 e. The van der Waals surface area contributed by atoms with Crippen LogP contribution in [0.1, 0.15) is 49.7 Å². The summed E-state index contributed by atoms with van der Waals surface area (Å²) in [6.07, 6.45) is 6.22. The molecule has 3 fully saturated rings. The van der Waals surface area contributed by atoms with E-state index < -0.39 is 0 Å². The molecule has 1 aromatic rings. The van der Waals surface area contributed by atoms with Gasteiger partial charge in [-0.15, -0.1) is 0 Å². The predicted molar refractivity (Wildman–Crippen MR) is 86.0 cm³/mol. The van der Waals surface area contributed by atoms with Gasteiger partial charge in [0.1, 0.15) is 5.75 Å². The van der Waals surface area contributed by atoms with Crippen LogP contribution in [0.4, 0.5) is 0 Å². The summed E-state index contributed by atoms with van der Waals surface area (Å²) in [5, 5.41) is 10.7. The highest BCUT2D eigenvalue weighted by molar-refractivity contribution is 5.41. The average Bonchev–Trinajstić information content (AvgIpc) is 3.28. The van der Waals surface area contributed by atoms with Gasteiger partial charge in [0.25, 0.3) is 0 Å². The maximum Gasteiger partial charge on any atom is 0.119 e. The van der Waals surface area contributed by atoms with Gasteiger partial charge in [0.15, 0.2) is 0 Å². The Morgan fingerprint density at radius 2 is 2.05 bits per heavy atom. The second kappa shape index (κ2) is 4.29. The van der Waals surface area contributed by atoms with Crippen LogP contribution in [0.25, 0.3) is 0 Å². The Bertz CT molecular complexity index is 624. The van der Waals surface area contributed by atoms with E-state index in [-0.39, 0.29) is 11.5 Å². The number of rotatable bonds is 1. The van der Waals surface area contributed by atoms with Crippen LogP contribution in [-0.4, -0.2) is 18.3 Å². The third-order valence-corrected chi connectivity index (χ3v) is 7.66. The van der Waals surface area contributed by atoms with Gasteiger partial charge in [-0.3, -0.25) is 0 Å². The van der Waals surface area contributed by atoms with Crippen molar-refractivity contribution >= 4 is 0 Å². The van der Waals surface area contributed by atoms with Gasteiger partial charge in [-0.25, -0.2) is 0 Å². The first kappa shape index (κ1) is 13.4. The van der Waals surface area contributed by atoms with Crippen molar-refractivity contribution in [2.45, 2.75) is 51.0 Å². The molecule has 0 saturated heterocycles. The number of ether oxygens (including phenoxy) is 1. The van der Waals surface area contributed by atoms with Crippen LogP contribution in [0.2, 0.25) is 0 Å². The molecule has 1 N–H and O–H groups in total. The van der Waals surface area contributed by atoms with E-state index in [1.807, 2.05) is 0 Å². The summed E-state index contributed by atoms with van der Waals surface area (Å²) >= 11 is 0. The van der Waals surface area contributed by atoms with Crippen LogP contribution in [0.3, 0.4) is 0 Å². The van der Waals surface area contributed by atoms with Crippen LogP contribution >= 0.6 is 0 Å². The Balaban J connectivity index is 1.53. The van der Waals surface area contributed by atoms with Gasteiger partial charge in [0.05, 0.1) is 13.2 Å². The number of benzene rings is 1. The molecule has 0 bridgehead atoms. The summed E-state index contributed by atoms with van der Waals surface area (Å²) < 4.78 is 5.41. The van der Waals surface area contributed by atoms with Gasteiger partial charge >= 0.3 is 0 Å². The van der Waals surface area contributed by atoms with Crippen LogP contribution in [0, 0.1) is 29.1 Å². The molecule has 7 atom stereocenters.